The minimum atomic E-state index is -4.37. The Hall–Kier alpha value is -2.98. The number of hydrogen-bond acceptors (Lipinski definition) is 6. The summed E-state index contributed by atoms with van der Waals surface area (Å²) in [7, 11) is 0. The Morgan fingerprint density at radius 2 is 1.88 bits per heavy atom. The first-order chi connectivity index (χ1) is 15.4. The number of carbonyl (C=O) groups is 1. The predicted octanol–water partition coefficient (Wildman–Crippen LogP) is 3.92. The Morgan fingerprint density at radius 1 is 1.12 bits per heavy atom. The van der Waals surface area contributed by atoms with Gasteiger partial charge in [-0.25, -0.2) is 9.97 Å². The van der Waals surface area contributed by atoms with Crippen LogP contribution in [0.5, 0.6) is 0 Å². The topological polar surface area (TPSA) is 67.4 Å². The molecular formula is C22H21F3N4O2S. The third-order valence-corrected chi connectivity index (χ3v) is 5.93. The van der Waals surface area contributed by atoms with Gasteiger partial charge in [0.25, 0.3) is 0 Å². The SMILES string of the molecule is O=C(Cc1csc(-c2ccc(C(F)(F)F)cc2)n1)NCc1ccc(N2CCOCC2)nc1. The fraction of sp³-hybridized carbons (Fsp3) is 0.318. The van der Waals surface area contributed by atoms with E-state index < -0.39 is 11.7 Å². The second kappa shape index (κ2) is 9.66. The van der Waals surface area contributed by atoms with Gasteiger partial charge in [-0.2, -0.15) is 13.2 Å². The van der Waals surface area contributed by atoms with Crippen molar-refractivity contribution in [3.05, 3.63) is 64.8 Å². The average molecular weight is 462 g/mol. The minimum absolute atomic E-state index is 0.0937. The van der Waals surface area contributed by atoms with E-state index in [1.165, 1.54) is 23.5 Å². The Morgan fingerprint density at radius 3 is 2.53 bits per heavy atom. The molecule has 168 valence electrons. The van der Waals surface area contributed by atoms with Crippen molar-refractivity contribution in [1.29, 1.82) is 0 Å². The van der Waals surface area contributed by atoms with Gasteiger partial charge in [0, 0.05) is 36.8 Å². The number of halogens is 3. The molecule has 1 aliphatic heterocycles. The van der Waals surface area contributed by atoms with Crippen LogP contribution < -0.4 is 10.2 Å². The van der Waals surface area contributed by atoms with Crippen molar-refractivity contribution in [3.63, 3.8) is 0 Å². The summed E-state index contributed by atoms with van der Waals surface area (Å²) in [6, 6.07) is 8.70. The molecule has 1 N–H and O–H groups in total. The first kappa shape index (κ1) is 22.2. The lowest BCUT2D eigenvalue weighted by atomic mass is 10.1. The van der Waals surface area contributed by atoms with E-state index in [4.69, 9.17) is 4.74 Å². The number of alkyl halides is 3. The van der Waals surface area contributed by atoms with Crippen LogP contribution in [-0.2, 0) is 28.7 Å². The highest BCUT2D eigenvalue weighted by Crippen LogP contribution is 2.31. The van der Waals surface area contributed by atoms with Crippen molar-refractivity contribution in [2.75, 3.05) is 31.2 Å². The fourth-order valence-corrected chi connectivity index (χ4v) is 4.08. The molecule has 2 aromatic heterocycles. The molecule has 4 rings (SSSR count). The molecule has 1 aliphatic rings. The Labute approximate surface area is 187 Å². The van der Waals surface area contributed by atoms with Gasteiger partial charge in [0.15, 0.2) is 0 Å². The molecule has 0 saturated carbocycles. The number of hydrogen-bond donors (Lipinski definition) is 1. The molecule has 1 amide bonds. The molecule has 6 nitrogen and oxygen atoms in total. The van der Waals surface area contributed by atoms with Crippen molar-refractivity contribution in [3.8, 4) is 10.6 Å². The standard InChI is InChI=1S/C22H21F3N4O2S/c23-22(24,25)17-4-2-16(3-5-17)21-28-18(14-32-21)11-20(30)27-13-15-1-6-19(26-12-15)29-7-9-31-10-8-29/h1-6,12,14H,7-11,13H2,(H,27,30). The first-order valence-electron chi connectivity index (χ1n) is 10.0. The molecule has 1 saturated heterocycles. The highest BCUT2D eigenvalue weighted by Gasteiger charge is 2.30. The quantitative estimate of drug-likeness (QED) is 0.602. The number of aromatic nitrogens is 2. The van der Waals surface area contributed by atoms with Gasteiger partial charge in [-0.05, 0) is 23.8 Å². The zero-order valence-electron chi connectivity index (χ0n) is 17.1. The number of benzene rings is 1. The smallest absolute Gasteiger partial charge is 0.378 e. The van der Waals surface area contributed by atoms with E-state index in [2.05, 4.69) is 20.2 Å². The van der Waals surface area contributed by atoms with Crippen LogP contribution in [0.25, 0.3) is 10.6 Å². The van der Waals surface area contributed by atoms with Gasteiger partial charge in [0.1, 0.15) is 10.8 Å². The number of pyridine rings is 1. The molecule has 0 spiro atoms. The summed E-state index contributed by atoms with van der Waals surface area (Å²) >= 11 is 1.29. The van der Waals surface area contributed by atoms with E-state index in [1.807, 2.05) is 12.1 Å². The van der Waals surface area contributed by atoms with Crippen LogP contribution in [0.2, 0.25) is 0 Å². The third kappa shape index (κ3) is 5.63. The fourth-order valence-electron chi connectivity index (χ4n) is 3.25. The van der Waals surface area contributed by atoms with Gasteiger partial charge in [-0.3, -0.25) is 4.79 Å². The van der Waals surface area contributed by atoms with Gasteiger partial charge >= 0.3 is 6.18 Å². The zero-order valence-corrected chi connectivity index (χ0v) is 17.9. The summed E-state index contributed by atoms with van der Waals surface area (Å²) in [6.07, 6.45) is -2.53. The van der Waals surface area contributed by atoms with Crippen LogP contribution >= 0.6 is 11.3 Å². The second-order valence-corrected chi connectivity index (χ2v) is 8.15. The minimum Gasteiger partial charge on any atom is -0.378 e. The molecule has 3 aromatic rings. The number of nitrogens with zero attached hydrogens (tertiary/aromatic N) is 3. The van der Waals surface area contributed by atoms with Gasteiger partial charge in [0.2, 0.25) is 5.91 Å². The van der Waals surface area contributed by atoms with Crippen LogP contribution in [-0.4, -0.2) is 42.2 Å². The molecule has 0 unspecified atom stereocenters. The average Bonchev–Trinajstić information content (AvgIpc) is 3.26. The van der Waals surface area contributed by atoms with Crippen molar-refractivity contribution >= 4 is 23.1 Å². The number of thiazole rings is 1. The van der Waals surface area contributed by atoms with Crippen LogP contribution in [0.3, 0.4) is 0 Å². The van der Waals surface area contributed by atoms with Gasteiger partial charge in [-0.1, -0.05) is 18.2 Å². The Kier molecular flexibility index (Phi) is 6.71. The predicted molar refractivity (Wildman–Crippen MR) is 115 cm³/mol. The number of ether oxygens (including phenoxy) is 1. The summed E-state index contributed by atoms with van der Waals surface area (Å²) in [4.78, 5) is 23.3. The summed E-state index contributed by atoms with van der Waals surface area (Å²) in [5, 5.41) is 5.16. The largest absolute Gasteiger partial charge is 0.416 e. The number of nitrogens with one attached hydrogen (secondary N) is 1. The Balaban J connectivity index is 1.29. The normalized spacial score (nSPS) is 14.4. The molecule has 0 atom stereocenters. The summed E-state index contributed by atoms with van der Waals surface area (Å²) < 4.78 is 43.4. The molecule has 0 aliphatic carbocycles. The lowest BCUT2D eigenvalue weighted by molar-refractivity contribution is -0.137. The number of anilines is 1. The van der Waals surface area contributed by atoms with Crippen molar-refractivity contribution in [1.82, 2.24) is 15.3 Å². The molecule has 3 heterocycles. The number of rotatable bonds is 6. The van der Waals surface area contributed by atoms with Crippen molar-refractivity contribution in [2.45, 2.75) is 19.1 Å². The first-order valence-corrected chi connectivity index (χ1v) is 10.9. The molecule has 0 radical (unpaired) electrons. The van der Waals surface area contributed by atoms with Gasteiger partial charge in [-0.15, -0.1) is 11.3 Å². The lowest BCUT2D eigenvalue weighted by Crippen LogP contribution is -2.36. The monoisotopic (exact) mass is 462 g/mol. The molecule has 32 heavy (non-hydrogen) atoms. The van der Waals surface area contributed by atoms with Gasteiger partial charge in [0.05, 0.1) is 30.9 Å². The summed E-state index contributed by atoms with van der Waals surface area (Å²) in [6.45, 7) is 3.36. The zero-order chi connectivity index (χ0) is 22.6. The Bertz CT molecular complexity index is 1050. The molecule has 10 heteroatoms. The number of amides is 1. The van der Waals surface area contributed by atoms with Crippen LogP contribution in [0.1, 0.15) is 16.8 Å². The van der Waals surface area contributed by atoms with Gasteiger partial charge < -0.3 is 15.0 Å². The third-order valence-electron chi connectivity index (χ3n) is 4.99. The van der Waals surface area contributed by atoms with Crippen LogP contribution in [0, 0.1) is 0 Å². The van der Waals surface area contributed by atoms with E-state index in [0.717, 1.165) is 36.6 Å². The van der Waals surface area contributed by atoms with Crippen LogP contribution in [0.15, 0.2) is 48.0 Å². The summed E-state index contributed by atoms with van der Waals surface area (Å²) in [5.41, 5.74) is 1.34. The van der Waals surface area contributed by atoms with E-state index in [-0.39, 0.29) is 12.3 Å². The van der Waals surface area contributed by atoms with E-state index in [1.54, 1.807) is 11.6 Å². The number of morpholine rings is 1. The second-order valence-electron chi connectivity index (χ2n) is 7.30. The maximum absolute atomic E-state index is 12.7. The maximum Gasteiger partial charge on any atom is 0.416 e. The number of carbonyl (C=O) groups excluding carboxylic acids is 1. The van der Waals surface area contributed by atoms with Crippen molar-refractivity contribution in [2.24, 2.45) is 0 Å². The van der Waals surface area contributed by atoms with Crippen LogP contribution in [0.4, 0.5) is 19.0 Å². The van der Waals surface area contributed by atoms with E-state index in [9.17, 15) is 18.0 Å². The van der Waals surface area contributed by atoms with Crippen molar-refractivity contribution < 1.29 is 22.7 Å². The highest BCUT2D eigenvalue weighted by molar-refractivity contribution is 7.13. The molecular weight excluding hydrogens is 441 g/mol. The lowest BCUT2D eigenvalue weighted by Gasteiger charge is -2.27. The molecule has 0 bridgehead atoms. The molecule has 1 fully saturated rings. The van der Waals surface area contributed by atoms with E-state index in [0.29, 0.717) is 36.0 Å². The highest BCUT2D eigenvalue weighted by atomic mass is 32.1. The van der Waals surface area contributed by atoms with E-state index >= 15 is 0 Å². The molecule has 1 aromatic carbocycles. The summed E-state index contributed by atoms with van der Waals surface area (Å²) in [5.74, 6) is 0.702. The maximum atomic E-state index is 12.7.